The molecule has 0 spiro atoms. The first-order valence-corrected chi connectivity index (χ1v) is 10.6. The number of aromatic nitrogens is 5. The second-order valence-corrected chi connectivity index (χ2v) is 8.35. The summed E-state index contributed by atoms with van der Waals surface area (Å²) in [5, 5.41) is 14.3. The van der Waals surface area contributed by atoms with Gasteiger partial charge in [0.05, 0.1) is 11.6 Å². The average Bonchev–Trinajstić information content (AvgIpc) is 3.28. The van der Waals surface area contributed by atoms with E-state index in [0.29, 0.717) is 31.0 Å². The van der Waals surface area contributed by atoms with Crippen molar-refractivity contribution >= 4 is 17.8 Å². The van der Waals surface area contributed by atoms with Crippen LogP contribution in [0, 0.1) is 5.82 Å². The summed E-state index contributed by atoms with van der Waals surface area (Å²) in [5.74, 6) is -0.526. The zero-order valence-corrected chi connectivity index (χ0v) is 18.9. The van der Waals surface area contributed by atoms with Crippen molar-refractivity contribution in [3.05, 3.63) is 52.8 Å². The maximum Gasteiger partial charge on any atom is 0.319 e. The third-order valence-corrected chi connectivity index (χ3v) is 5.40. The third kappa shape index (κ3) is 4.52. The van der Waals surface area contributed by atoms with Gasteiger partial charge in [-0.05, 0) is 66.1 Å². The number of tetrazole rings is 1. The Labute approximate surface area is 190 Å². The molecule has 10 nitrogen and oxygen atoms in total. The van der Waals surface area contributed by atoms with Crippen molar-refractivity contribution in [3.8, 4) is 11.5 Å². The highest BCUT2D eigenvalue weighted by atomic mass is 19.1. The zero-order valence-electron chi connectivity index (χ0n) is 18.9. The molecule has 3 aromatic rings. The lowest BCUT2D eigenvalue weighted by molar-refractivity contribution is 0.102. The molecule has 0 fully saturated rings. The molecule has 1 aliphatic heterocycles. The van der Waals surface area contributed by atoms with Crippen LogP contribution in [0.3, 0.4) is 0 Å². The quantitative estimate of drug-likeness (QED) is 0.652. The Bertz CT molecular complexity index is 1210. The number of anilines is 1. The van der Waals surface area contributed by atoms with Crippen molar-refractivity contribution in [2.45, 2.75) is 32.9 Å². The van der Waals surface area contributed by atoms with Crippen LogP contribution in [0.5, 0.6) is 0 Å². The van der Waals surface area contributed by atoms with Gasteiger partial charge in [0.25, 0.3) is 5.91 Å². The topological polar surface area (TPSA) is 109 Å². The summed E-state index contributed by atoms with van der Waals surface area (Å²) in [6, 6.07) is 7.85. The third-order valence-electron chi connectivity index (χ3n) is 5.40. The molecule has 0 saturated carbocycles. The van der Waals surface area contributed by atoms with Gasteiger partial charge in [-0.25, -0.2) is 18.9 Å². The van der Waals surface area contributed by atoms with Crippen molar-refractivity contribution in [2.24, 2.45) is 0 Å². The number of fused-ring (bicyclic) bond motifs is 1. The Morgan fingerprint density at radius 1 is 1.18 bits per heavy atom. The number of benzene rings is 1. The van der Waals surface area contributed by atoms with E-state index in [-0.39, 0.29) is 23.5 Å². The number of nitrogens with one attached hydrogen (secondary N) is 1. The lowest BCUT2D eigenvalue weighted by atomic mass is 9.96. The van der Waals surface area contributed by atoms with E-state index in [1.807, 2.05) is 13.8 Å². The zero-order chi connectivity index (χ0) is 23.7. The fourth-order valence-electron chi connectivity index (χ4n) is 3.72. The van der Waals surface area contributed by atoms with E-state index in [9.17, 15) is 14.0 Å². The van der Waals surface area contributed by atoms with Gasteiger partial charge in [-0.15, -0.1) is 5.10 Å². The van der Waals surface area contributed by atoms with Crippen LogP contribution < -0.4 is 5.32 Å². The molecule has 0 bridgehead atoms. The molecular weight excluding hydrogens is 427 g/mol. The Kier molecular flexibility index (Phi) is 6.03. The van der Waals surface area contributed by atoms with Crippen molar-refractivity contribution in [1.29, 1.82) is 0 Å². The molecule has 0 aliphatic carbocycles. The lowest BCUT2D eigenvalue weighted by Gasteiger charge is -2.31. The minimum Gasteiger partial charge on any atom is -0.331 e. The maximum atomic E-state index is 14.8. The highest BCUT2D eigenvalue weighted by Crippen LogP contribution is 2.24. The number of halogens is 1. The number of hydrogen-bond donors (Lipinski definition) is 1. The largest absolute Gasteiger partial charge is 0.331 e. The highest BCUT2D eigenvalue weighted by molar-refractivity contribution is 6.04. The molecule has 1 N–H and O–H groups in total. The van der Waals surface area contributed by atoms with Gasteiger partial charge in [0.2, 0.25) is 5.82 Å². The van der Waals surface area contributed by atoms with Crippen LogP contribution in [0.2, 0.25) is 0 Å². The molecule has 4 rings (SSSR count). The number of urea groups is 1. The fourth-order valence-corrected chi connectivity index (χ4v) is 3.72. The summed E-state index contributed by atoms with van der Waals surface area (Å²) >= 11 is 0. The van der Waals surface area contributed by atoms with Gasteiger partial charge in [0.1, 0.15) is 17.3 Å². The lowest BCUT2D eigenvalue weighted by Crippen LogP contribution is -2.42. The van der Waals surface area contributed by atoms with Crippen LogP contribution in [0.4, 0.5) is 15.0 Å². The van der Waals surface area contributed by atoms with Gasteiger partial charge < -0.3 is 15.1 Å². The van der Waals surface area contributed by atoms with E-state index < -0.39 is 11.7 Å². The SMILES string of the molecule is CC(C)n1nnnc1-c1cccc(NC(=O)c2cc3c(cc2F)CCN(C(=O)N(C)C)C3)n1. The number of carbonyl (C=O) groups is 2. The van der Waals surface area contributed by atoms with E-state index >= 15 is 0 Å². The van der Waals surface area contributed by atoms with E-state index in [1.54, 1.807) is 41.9 Å². The first-order chi connectivity index (χ1) is 15.7. The summed E-state index contributed by atoms with van der Waals surface area (Å²) in [4.78, 5) is 32.8. The van der Waals surface area contributed by atoms with Crippen LogP contribution >= 0.6 is 0 Å². The predicted molar refractivity (Wildman–Crippen MR) is 119 cm³/mol. The van der Waals surface area contributed by atoms with Crippen molar-refractivity contribution in [1.82, 2.24) is 35.0 Å². The monoisotopic (exact) mass is 452 g/mol. The first-order valence-electron chi connectivity index (χ1n) is 10.6. The highest BCUT2D eigenvalue weighted by Gasteiger charge is 2.25. The molecule has 0 radical (unpaired) electrons. The van der Waals surface area contributed by atoms with E-state index in [0.717, 1.165) is 11.1 Å². The van der Waals surface area contributed by atoms with Crippen molar-refractivity contribution in [2.75, 3.05) is 26.0 Å². The van der Waals surface area contributed by atoms with Crippen LogP contribution in [-0.2, 0) is 13.0 Å². The Balaban J connectivity index is 1.57. The van der Waals surface area contributed by atoms with Gasteiger partial charge >= 0.3 is 6.03 Å². The molecular formula is C22H25FN8O2. The number of nitrogens with zero attached hydrogens (tertiary/aromatic N) is 7. The molecule has 0 atom stereocenters. The molecule has 0 saturated heterocycles. The molecule has 11 heteroatoms. The van der Waals surface area contributed by atoms with E-state index in [1.165, 1.54) is 17.0 Å². The van der Waals surface area contributed by atoms with Gasteiger partial charge in [-0.3, -0.25) is 4.79 Å². The van der Waals surface area contributed by atoms with E-state index in [2.05, 4.69) is 25.8 Å². The smallest absolute Gasteiger partial charge is 0.319 e. The second-order valence-electron chi connectivity index (χ2n) is 8.35. The first kappa shape index (κ1) is 22.3. The standard InChI is InChI=1S/C22H25FN8O2/c1-13(2)31-20(26-27-28-31)18-6-5-7-19(24-18)25-21(32)16-10-15-12-30(22(33)29(3)4)9-8-14(15)11-17(16)23/h5-7,10-11,13H,8-9,12H2,1-4H3,(H,24,25,32). The number of rotatable bonds is 4. The Morgan fingerprint density at radius 3 is 2.70 bits per heavy atom. The van der Waals surface area contributed by atoms with Gasteiger partial charge in [0, 0.05) is 27.2 Å². The number of pyridine rings is 1. The fraction of sp³-hybridized carbons (Fsp3) is 0.364. The van der Waals surface area contributed by atoms with Crippen LogP contribution in [-0.4, -0.2) is 67.6 Å². The second kappa shape index (κ2) is 8.93. The summed E-state index contributed by atoms with van der Waals surface area (Å²) in [7, 11) is 3.37. The summed E-state index contributed by atoms with van der Waals surface area (Å²) in [6.45, 7) is 4.70. The van der Waals surface area contributed by atoms with Gasteiger partial charge in [0.15, 0.2) is 0 Å². The molecule has 1 aromatic carbocycles. The van der Waals surface area contributed by atoms with Crippen LogP contribution in [0.25, 0.3) is 11.5 Å². The molecule has 1 aliphatic rings. The molecule has 172 valence electrons. The summed E-state index contributed by atoms with van der Waals surface area (Å²) in [5.41, 5.74) is 1.93. The summed E-state index contributed by atoms with van der Waals surface area (Å²) in [6.07, 6.45) is 0.530. The molecule has 0 unspecified atom stereocenters. The minimum atomic E-state index is -0.625. The summed E-state index contributed by atoms with van der Waals surface area (Å²) < 4.78 is 16.4. The van der Waals surface area contributed by atoms with E-state index in [4.69, 9.17) is 0 Å². The predicted octanol–water partition coefficient (Wildman–Crippen LogP) is 2.75. The van der Waals surface area contributed by atoms with Gasteiger partial charge in [-0.1, -0.05) is 6.07 Å². The minimum absolute atomic E-state index is 0.0265. The number of amides is 3. The normalized spacial score (nSPS) is 13.1. The molecule has 2 aromatic heterocycles. The molecule has 3 amide bonds. The number of hydrogen-bond acceptors (Lipinski definition) is 6. The van der Waals surface area contributed by atoms with Crippen LogP contribution in [0.15, 0.2) is 30.3 Å². The molecule has 33 heavy (non-hydrogen) atoms. The Morgan fingerprint density at radius 2 is 1.97 bits per heavy atom. The van der Waals surface area contributed by atoms with Crippen molar-refractivity contribution in [3.63, 3.8) is 0 Å². The van der Waals surface area contributed by atoms with Crippen LogP contribution in [0.1, 0.15) is 41.4 Å². The molecule has 3 heterocycles. The van der Waals surface area contributed by atoms with Gasteiger partial charge in [-0.2, -0.15) is 0 Å². The van der Waals surface area contributed by atoms with Crippen molar-refractivity contribution < 1.29 is 14.0 Å². The maximum absolute atomic E-state index is 14.8. The Hall–Kier alpha value is -3.89. The average molecular weight is 452 g/mol. The number of carbonyl (C=O) groups excluding carboxylic acids is 2.